The molecule has 0 fully saturated rings. The Morgan fingerprint density at radius 3 is 2.64 bits per heavy atom. The molecular weight excluding hydrogens is 416 g/mol. The molecule has 0 saturated carbocycles. The van der Waals surface area contributed by atoms with Gasteiger partial charge in [-0.2, -0.15) is 0 Å². The highest BCUT2D eigenvalue weighted by molar-refractivity contribution is 5.94. The van der Waals surface area contributed by atoms with Crippen LogP contribution in [0.5, 0.6) is 11.5 Å². The van der Waals surface area contributed by atoms with Gasteiger partial charge in [0.1, 0.15) is 12.1 Å². The maximum atomic E-state index is 12.5. The Kier molecular flexibility index (Phi) is 5.59. The van der Waals surface area contributed by atoms with Crippen molar-refractivity contribution >= 4 is 17.4 Å². The first-order chi connectivity index (χ1) is 16.1. The molecule has 0 atom stereocenters. The summed E-state index contributed by atoms with van der Waals surface area (Å²) in [5.74, 6) is 1.96. The number of fused-ring (bicyclic) bond motifs is 1. The van der Waals surface area contributed by atoms with Crippen molar-refractivity contribution in [3.63, 3.8) is 0 Å². The van der Waals surface area contributed by atoms with Crippen LogP contribution in [0.4, 0.5) is 11.5 Å². The SMILES string of the molecule is Cc1cccc(-c2cc(Nc3ccc(C(=O)NCc4ccc5c(c4)OCO5)cc3)ncn2)c1. The molecule has 4 aromatic rings. The Labute approximate surface area is 191 Å². The van der Waals surface area contributed by atoms with E-state index in [4.69, 9.17) is 9.47 Å². The van der Waals surface area contributed by atoms with Gasteiger partial charge in [0.25, 0.3) is 5.91 Å². The topological polar surface area (TPSA) is 85.4 Å². The maximum absolute atomic E-state index is 12.5. The van der Waals surface area contributed by atoms with E-state index in [0.29, 0.717) is 23.7 Å². The third-order valence-electron chi connectivity index (χ3n) is 5.29. The molecule has 0 unspecified atom stereocenters. The zero-order valence-corrected chi connectivity index (χ0v) is 18.0. The summed E-state index contributed by atoms with van der Waals surface area (Å²) in [4.78, 5) is 21.2. The summed E-state index contributed by atoms with van der Waals surface area (Å²) in [6.45, 7) is 2.68. The Morgan fingerprint density at radius 1 is 0.939 bits per heavy atom. The highest BCUT2D eigenvalue weighted by atomic mass is 16.7. The summed E-state index contributed by atoms with van der Waals surface area (Å²) < 4.78 is 10.7. The molecule has 1 aliphatic heterocycles. The third kappa shape index (κ3) is 4.77. The summed E-state index contributed by atoms with van der Waals surface area (Å²) in [6.07, 6.45) is 1.54. The molecule has 3 aromatic carbocycles. The molecule has 1 aliphatic rings. The lowest BCUT2D eigenvalue weighted by Gasteiger charge is -2.09. The molecule has 33 heavy (non-hydrogen) atoms. The van der Waals surface area contributed by atoms with E-state index in [1.807, 2.05) is 48.5 Å². The summed E-state index contributed by atoms with van der Waals surface area (Å²) in [6, 6.07) is 23.0. The molecule has 5 rings (SSSR count). The lowest BCUT2D eigenvalue weighted by atomic mass is 10.1. The van der Waals surface area contributed by atoms with Gasteiger partial charge >= 0.3 is 0 Å². The minimum Gasteiger partial charge on any atom is -0.454 e. The third-order valence-corrected chi connectivity index (χ3v) is 5.29. The maximum Gasteiger partial charge on any atom is 0.251 e. The molecule has 2 N–H and O–H groups in total. The van der Waals surface area contributed by atoms with E-state index in [1.165, 1.54) is 11.9 Å². The van der Waals surface area contributed by atoms with Crippen LogP contribution in [0.1, 0.15) is 21.5 Å². The number of carbonyl (C=O) groups is 1. The van der Waals surface area contributed by atoms with Crippen LogP contribution in [0.15, 0.2) is 79.1 Å². The molecule has 2 heterocycles. The van der Waals surface area contributed by atoms with Crippen molar-refractivity contribution in [3.05, 3.63) is 95.8 Å². The first-order valence-corrected chi connectivity index (χ1v) is 10.6. The summed E-state index contributed by atoms with van der Waals surface area (Å²) in [5.41, 5.74) is 5.40. The molecule has 0 bridgehead atoms. The molecule has 164 valence electrons. The first-order valence-electron chi connectivity index (χ1n) is 10.6. The van der Waals surface area contributed by atoms with Crippen LogP contribution in [-0.4, -0.2) is 22.7 Å². The van der Waals surface area contributed by atoms with Crippen molar-refractivity contribution in [2.24, 2.45) is 0 Å². The number of hydrogen-bond donors (Lipinski definition) is 2. The molecule has 0 spiro atoms. The molecule has 0 aliphatic carbocycles. The van der Waals surface area contributed by atoms with E-state index in [0.717, 1.165) is 28.3 Å². The van der Waals surface area contributed by atoms with Crippen molar-refractivity contribution in [1.82, 2.24) is 15.3 Å². The molecule has 0 radical (unpaired) electrons. The average Bonchev–Trinajstić information content (AvgIpc) is 3.31. The lowest BCUT2D eigenvalue weighted by Crippen LogP contribution is -2.22. The quantitative estimate of drug-likeness (QED) is 0.447. The van der Waals surface area contributed by atoms with Crippen LogP contribution in [0.25, 0.3) is 11.3 Å². The molecule has 7 nitrogen and oxygen atoms in total. The predicted octanol–water partition coefficient (Wildman–Crippen LogP) is 4.85. The van der Waals surface area contributed by atoms with Gasteiger partial charge in [-0.3, -0.25) is 4.79 Å². The standard InChI is InChI=1S/C26H22N4O3/c1-17-3-2-4-20(11-17)22-13-25(29-15-28-22)30-21-8-6-19(7-9-21)26(31)27-14-18-5-10-23-24(12-18)33-16-32-23/h2-13,15H,14,16H2,1H3,(H,27,31)(H,28,29,30). The number of nitrogens with one attached hydrogen (secondary N) is 2. The predicted molar refractivity (Wildman–Crippen MR) is 126 cm³/mol. The number of ether oxygens (including phenoxy) is 2. The highest BCUT2D eigenvalue weighted by Gasteiger charge is 2.14. The zero-order valence-electron chi connectivity index (χ0n) is 18.0. The largest absolute Gasteiger partial charge is 0.454 e. The van der Waals surface area contributed by atoms with Crippen molar-refractivity contribution in [3.8, 4) is 22.8 Å². The molecule has 1 aromatic heterocycles. The fraction of sp³-hybridized carbons (Fsp3) is 0.115. The fourth-order valence-electron chi connectivity index (χ4n) is 3.58. The second-order valence-electron chi connectivity index (χ2n) is 7.73. The normalized spacial score (nSPS) is 11.8. The van der Waals surface area contributed by atoms with Crippen LogP contribution >= 0.6 is 0 Å². The average molecular weight is 438 g/mol. The number of benzene rings is 3. The van der Waals surface area contributed by atoms with Crippen molar-refractivity contribution in [2.45, 2.75) is 13.5 Å². The van der Waals surface area contributed by atoms with E-state index >= 15 is 0 Å². The van der Waals surface area contributed by atoms with Gasteiger partial charge in [-0.05, 0) is 55.0 Å². The van der Waals surface area contributed by atoms with Gasteiger partial charge in [0.15, 0.2) is 11.5 Å². The number of anilines is 2. The highest BCUT2D eigenvalue weighted by Crippen LogP contribution is 2.32. The molecular formula is C26H22N4O3. The fourth-order valence-corrected chi connectivity index (χ4v) is 3.58. The molecule has 0 saturated heterocycles. The number of amides is 1. The second-order valence-corrected chi connectivity index (χ2v) is 7.73. The van der Waals surface area contributed by atoms with E-state index in [1.54, 1.807) is 12.1 Å². The minimum absolute atomic E-state index is 0.150. The van der Waals surface area contributed by atoms with Gasteiger partial charge in [-0.25, -0.2) is 9.97 Å². The monoisotopic (exact) mass is 438 g/mol. The first kappa shape index (κ1) is 20.5. The van der Waals surface area contributed by atoms with Crippen molar-refractivity contribution < 1.29 is 14.3 Å². The van der Waals surface area contributed by atoms with Gasteiger partial charge in [0.2, 0.25) is 6.79 Å². The van der Waals surface area contributed by atoms with Gasteiger partial charge in [0.05, 0.1) is 5.69 Å². The van der Waals surface area contributed by atoms with E-state index in [2.05, 4.69) is 39.7 Å². The van der Waals surface area contributed by atoms with E-state index in [-0.39, 0.29) is 12.7 Å². The van der Waals surface area contributed by atoms with Crippen LogP contribution in [0.3, 0.4) is 0 Å². The van der Waals surface area contributed by atoms with Gasteiger partial charge in [-0.1, -0.05) is 29.8 Å². The van der Waals surface area contributed by atoms with Gasteiger partial charge in [-0.15, -0.1) is 0 Å². The Bertz CT molecular complexity index is 1310. The Hall–Kier alpha value is -4.39. The van der Waals surface area contributed by atoms with Crippen LogP contribution < -0.4 is 20.1 Å². The summed E-state index contributed by atoms with van der Waals surface area (Å²) >= 11 is 0. The number of rotatable bonds is 6. The minimum atomic E-state index is -0.150. The lowest BCUT2D eigenvalue weighted by molar-refractivity contribution is 0.0951. The number of nitrogens with zero attached hydrogens (tertiary/aromatic N) is 2. The zero-order chi connectivity index (χ0) is 22.6. The number of hydrogen-bond acceptors (Lipinski definition) is 6. The Morgan fingerprint density at radius 2 is 1.79 bits per heavy atom. The molecule has 1 amide bonds. The van der Waals surface area contributed by atoms with Crippen molar-refractivity contribution in [1.29, 1.82) is 0 Å². The smallest absolute Gasteiger partial charge is 0.251 e. The van der Waals surface area contributed by atoms with E-state index < -0.39 is 0 Å². The number of aryl methyl sites for hydroxylation is 1. The molecule has 7 heteroatoms. The van der Waals surface area contributed by atoms with Crippen LogP contribution in [-0.2, 0) is 6.54 Å². The van der Waals surface area contributed by atoms with Crippen LogP contribution in [0.2, 0.25) is 0 Å². The summed E-state index contributed by atoms with van der Waals surface area (Å²) in [5, 5.41) is 6.20. The number of aromatic nitrogens is 2. The van der Waals surface area contributed by atoms with Gasteiger partial charge in [0, 0.05) is 29.4 Å². The summed E-state index contributed by atoms with van der Waals surface area (Å²) in [7, 11) is 0. The van der Waals surface area contributed by atoms with E-state index in [9.17, 15) is 4.79 Å². The van der Waals surface area contributed by atoms with Crippen molar-refractivity contribution in [2.75, 3.05) is 12.1 Å². The van der Waals surface area contributed by atoms with Crippen LogP contribution in [0, 0.1) is 6.92 Å². The number of carbonyl (C=O) groups excluding carboxylic acids is 1. The second kappa shape index (κ2) is 9.00. The van der Waals surface area contributed by atoms with Gasteiger partial charge < -0.3 is 20.1 Å². The Balaban J connectivity index is 1.21.